The van der Waals surface area contributed by atoms with Crippen LogP contribution in [0.5, 0.6) is 5.75 Å². The molecule has 0 radical (unpaired) electrons. The summed E-state index contributed by atoms with van der Waals surface area (Å²) in [7, 11) is 3.61. The Bertz CT molecular complexity index is 502. The van der Waals surface area contributed by atoms with E-state index in [1.54, 1.807) is 19.2 Å². The molecule has 1 heterocycles. The monoisotopic (exact) mass is 312 g/mol. The average molecular weight is 313 g/mol. The number of ether oxygens (including phenoxy) is 1. The third-order valence-corrected chi connectivity index (χ3v) is 4.20. The third-order valence-electron chi connectivity index (χ3n) is 3.91. The van der Waals surface area contributed by atoms with Crippen LogP contribution in [0.4, 0.5) is 0 Å². The number of piperazine rings is 1. The second kappa shape index (κ2) is 7.11. The minimum atomic E-state index is -0.786. The zero-order chi connectivity index (χ0) is 15.4. The van der Waals surface area contributed by atoms with E-state index in [1.807, 2.05) is 11.0 Å². The molecule has 116 valence electrons. The molecule has 0 aliphatic carbocycles. The number of carbonyl (C=O) groups is 1. The molecule has 1 N–H and O–H groups in total. The highest BCUT2D eigenvalue weighted by Gasteiger charge is 2.28. The van der Waals surface area contributed by atoms with Crippen LogP contribution < -0.4 is 4.74 Å². The van der Waals surface area contributed by atoms with Gasteiger partial charge in [0, 0.05) is 26.2 Å². The van der Waals surface area contributed by atoms with Crippen molar-refractivity contribution in [2.75, 3.05) is 40.3 Å². The van der Waals surface area contributed by atoms with Crippen LogP contribution in [0.3, 0.4) is 0 Å². The van der Waals surface area contributed by atoms with Crippen molar-refractivity contribution in [3.8, 4) is 5.75 Å². The Labute approximate surface area is 130 Å². The van der Waals surface area contributed by atoms with Gasteiger partial charge in [-0.25, -0.2) is 0 Å². The maximum atomic E-state index is 11.6. The predicted molar refractivity (Wildman–Crippen MR) is 82.2 cm³/mol. The molecular formula is C15H21ClN2O3. The molecule has 0 aromatic heterocycles. The summed E-state index contributed by atoms with van der Waals surface area (Å²) in [5, 5.41) is 10.0. The van der Waals surface area contributed by atoms with Crippen molar-refractivity contribution in [3.63, 3.8) is 0 Å². The van der Waals surface area contributed by atoms with Crippen LogP contribution in [-0.4, -0.2) is 67.3 Å². The summed E-state index contributed by atoms with van der Waals surface area (Å²) in [5.74, 6) is -0.182. The quantitative estimate of drug-likeness (QED) is 0.895. The highest BCUT2D eigenvalue weighted by molar-refractivity contribution is 6.32. The van der Waals surface area contributed by atoms with Gasteiger partial charge in [0.2, 0.25) is 0 Å². The number of nitrogens with zero attached hydrogens (tertiary/aromatic N) is 2. The SMILES string of the molecule is COc1ccc(C[C@H](C(=O)O)N2CCN(C)CC2)cc1Cl. The van der Waals surface area contributed by atoms with Crippen molar-refractivity contribution in [1.29, 1.82) is 0 Å². The fourth-order valence-corrected chi connectivity index (χ4v) is 2.85. The zero-order valence-electron chi connectivity index (χ0n) is 12.4. The summed E-state index contributed by atoms with van der Waals surface area (Å²) in [5.41, 5.74) is 0.909. The van der Waals surface area contributed by atoms with Crippen LogP contribution >= 0.6 is 11.6 Å². The Balaban J connectivity index is 2.09. The number of methoxy groups -OCH3 is 1. The second-order valence-corrected chi connectivity index (χ2v) is 5.77. The Hall–Kier alpha value is -1.30. The molecule has 1 aromatic carbocycles. The molecule has 1 aromatic rings. The Morgan fingerprint density at radius 3 is 2.57 bits per heavy atom. The van der Waals surface area contributed by atoms with E-state index in [0.717, 1.165) is 31.7 Å². The number of hydrogen-bond acceptors (Lipinski definition) is 4. The topological polar surface area (TPSA) is 53.0 Å². The van der Waals surface area contributed by atoms with Gasteiger partial charge in [-0.15, -0.1) is 0 Å². The normalized spacial score (nSPS) is 18.4. The number of aliphatic carboxylic acids is 1. The first kappa shape index (κ1) is 16.1. The molecule has 0 unspecified atom stereocenters. The lowest BCUT2D eigenvalue weighted by Gasteiger charge is -2.36. The van der Waals surface area contributed by atoms with Gasteiger partial charge < -0.3 is 14.7 Å². The fourth-order valence-electron chi connectivity index (χ4n) is 2.57. The highest BCUT2D eigenvalue weighted by Crippen LogP contribution is 2.26. The van der Waals surface area contributed by atoms with Crippen LogP contribution in [0.2, 0.25) is 5.02 Å². The first-order valence-corrected chi connectivity index (χ1v) is 7.37. The third kappa shape index (κ3) is 4.09. The summed E-state index contributed by atoms with van der Waals surface area (Å²) < 4.78 is 5.12. The molecule has 1 atom stereocenters. The minimum Gasteiger partial charge on any atom is -0.495 e. The predicted octanol–water partition coefficient (Wildman–Crippen LogP) is 1.59. The van der Waals surface area contributed by atoms with E-state index in [0.29, 0.717) is 17.2 Å². The van der Waals surface area contributed by atoms with E-state index < -0.39 is 12.0 Å². The molecule has 0 saturated carbocycles. The van der Waals surface area contributed by atoms with Crippen LogP contribution in [0, 0.1) is 0 Å². The van der Waals surface area contributed by atoms with E-state index in [9.17, 15) is 9.90 Å². The first-order valence-electron chi connectivity index (χ1n) is 6.99. The summed E-state index contributed by atoms with van der Waals surface area (Å²) in [4.78, 5) is 15.8. The van der Waals surface area contributed by atoms with Gasteiger partial charge in [0.15, 0.2) is 0 Å². The van der Waals surface area contributed by atoms with E-state index in [1.165, 1.54) is 0 Å². The van der Waals surface area contributed by atoms with Gasteiger partial charge in [-0.2, -0.15) is 0 Å². The highest BCUT2D eigenvalue weighted by atomic mass is 35.5. The van der Waals surface area contributed by atoms with Crippen molar-refractivity contribution < 1.29 is 14.6 Å². The maximum absolute atomic E-state index is 11.6. The molecule has 1 aliphatic heterocycles. The van der Waals surface area contributed by atoms with Gasteiger partial charge >= 0.3 is 5.97 Å². The molecular weight excluding hydrogens is 292 g/mol. The summed E-state index contributed by atoms with van der Waals surface area (Å²) in [6.07, 6.45) is 0.447. The zero-order valence-corrected chi connectivity index (χ0v) is 13.1. The van der Waals surface area contributed by atoms with Crippen molar-refractivity contribution in [2.24, 2.45) is 0 Å². The molecule has 2 rings (SSSR count). The number of carboxylic acids is 1. The number of halogens is 1. The molecule has 6 heteroatoms. The minimum absolute atomic E-state index is 0.447. The molecule has 21 heavy (non-hydrogen) atoms. The van der Waals surface area contributed by atoms with E-state index in [4.69, 9.17) is 16.3 Å². The van der Waals surface area contributed by atoms with Gasteiger partial charge in [0.05, 0.1) is 12.1 Å². The van der Waals surface area contributed by atoms with Gasteiger partial charge in [-0.3, -0.25) is 9.69 Å². The Morgan fingerprint density at radius 2 is 2.05 bits per heavy atom. The maximum Gasteiger partial charge on any atom is 0.321 e. The Kier molecular flexibility index (Phi) is 5.45. The van der Waals surface area contributed by atoms with Gasteiger partial charge in [0.25, 0.3) is 0 Å². The van der Waals surface area contributed by atoms with Crippen LogP contribution in [0.25, 0.3) is 0 Å². The number of rotatable bonds is 5. The van der Waals surface area contributed by atoms with E-state index in [-0.39, 0.29) is 0 Å². The van der Waals surface area contributed by atoms with Crippen LogP contribution in [-0.2, 0) is 11.2 Å². The van der Waals surface area contributed by atoms with E-state index >= 15 is 0 Å². The lowest BCUT2D eigenvalue weighted by Crippen LogP contribution is -2.52. The number of benzene rings is 1. The molecule has 0 bridgehead atoms. The smallest absolute Gasteiger partial charge is 0.321 e. The largest absolute Gasteiger partial charge is 0.495 e. The molecule has 1 fully saturated rings. The first-order chi connectivity index (χ1) is 10.0. The van der Waals surface area contributed by atoms with Gasteiger partial charge in [-0.05, 0) is 31.2 Å². The second-order valence-electron chi connectivity index (χ2n) is 5.37. The summed E-state index contributed by atoms with van der Waals surface area (Å²) >= 11 is 6.10. The molecule has 0 amide bonds. The number of hydrogen-bond donors (Lipinski definition) is 1. The molecule has 5 nitrogen and oxygen atoms in total. The summed E-state index contributed by atoms with van der Waals surface area (Å²) in [6.45, 7) is 3.34. The van der Waals surface area contributed by atoms with Crippen molar-refractivity contribution in [2.45, 2.75) is 12.5 Å². The molecule has 1 saturated heterocycles. The molecule has 1 aliphatic rings. The van der Waals surface area contributed by atoms with Gasteiger partial charge in [0.1, 0.15) is 11.8 Å². The average Bonchev–Trinajstić information content (AvgIpc) is 2.46. The molecule has 0 spiro atoms. The van der Waals surface area contributed by atoms with Crippen LogP contribution in [0.15, 0.2) is 18.2 Å². The van der Waals surface area contributed by atoms with E-state index in [2.05, 4.69) is 11.9 Å². The van der Waals surface area contributed by atoms with Gasteiger partial charge in [-0.1, -0.05) is 17.7 Å². The lowest BCUT2D eigenvalue weighted by atomic mass is 10.0. The number of carboxylic acid groups (broad SMARTS) is 1. The van der Waals surface area contributed by atoms with Crippen molar-refractivity contribution >= 4 is 17.6 Å². The lowest BCUT2D eigenvalue weighted by molar-refractivity contribution is -0.144. The Morgan fingerprint density at radius 1 is 1.38 bits per heavy atom. The van der Waals surface area contributed by atoms with Crippen molar-refractivity contribution in [1.82, 2.24) is 9.80 Å². The fraction of sp³-hybridized carbons (Fsp3) is 0.533. The van der Waals surface area contributed by atoms with Crippen LogP contribution in [0.1, 0.15) is 5.56 Å². The van der Waals surface area contributed by atoms with Crippen molar-refractivity contribution in [3.05, 3.63) is 28.8 Å². The summed E-state index contributed by atoms with van der Waals surface area (Å²) in [6, 6.07) is 4.92. The standard InChI is InChI=1S/C15H21ClN2O3/c1-17-5-7-18(8-6-17)13(15(19)20)10-11-3-4-14(21-2)12(16)9-11/h3-4,9,13H,5-8,10H2,1-2H3,(H,19,20)/t13-/m1/s1. The number of likely N-dealkylation sites (N-methyl/N-ethyl adjacent to an activating group) is 1.